The first kappa shape index (κ1) is 27.1. The first-order chi connectivity index (χ1) is 18.0. The minimum atomic E-state index is -0.337. The SMILES string of the molecule is C=C/N=C1/C=NC(N2CCOCC2)=N/C1=C(/N)Nc1cc(Cl)cc(C(=O)Nc2cc(C(C)(C)C)nn2C)c1. The number of aromatic nitrogens is 2. The van der Waals surface area contributed by atoms with Crippen LogP contribution in [0.1, 0.15) is 36.8 Å². The third kappa shape index (κ3) is 6.29. The number of aliphatic imine (C=N–C) groups is 3. The van der Waals surface area contributed by atoms with Gasteiger partial charge in [-0.3, -0.25) is 14.5 Å². The Balaban J connectivity index is 1.59. The Morgan fingerprint density at radius 2 is 1.95 bits per heavy atom. The van der Waals surface area contributed by atoms with Gasteiger partial charge in [0.05, 0.1) is 25.1 Å². The number of hydrogen-bond donors (Lipinski definition) is 3. The third-order valence-electron chi connectivity index (χ3n) is 5.86. The predicted molar refractivity (Wildman–Crippen MR) is 152 cm³/mol. The number of nitrogens with two attached hydrogens (primary N) is 1. The molecule has 0 unspecified atom stereocenters. The van der Waals surface area contributed by atoms with Crippen LogP contribution in [0.2, 0.25) is 5.02 Å². The average molecular weight is 538 g/mol. The topological polar surface area (TPSA) is 135 Å². The van der Waals surface area contributed by atoms with E-state index in [4.69, 9.17) is 22.1 Å². The van der Waals surface area contributed by atoms with Gasteiger partial charge in [0, 0.05) is 54.1 Å². The van der Waals surface area contributed by atoms with Crippen LogP contribution in [0.15, 0.2) is 63.5 Å². The standard InChI is InChI=1S/C26H32ClN9O2/c1-6-29-19-15-30-25(36-7-9-38-10-8-36)33-22(19)23(28)31-18-12-16(11-17(27)13-18)24(37)32-21-14-20(26(2,3)4)34-35(21)5/h6,11-15,31H,1,7-10,28H2,2-5H3,(H,32,37)/b23-22-,29-19-. The molecule has 38 heavy (non-hydrogen) atoms. The summed E-state index contributed by atoms with van der Waals surface area (Å²) in [5.74, 6) is 0.981. The van der Waals surface area contributed by atoms with Crippen LogP contribution in [0, 0.1) is 0 Å². The van der Waals surface area contributed by atoms with E-state index in [1.54, 1.807) is 36.1 Å². The van der Waals surface area contributed by atoms with E-state index in [9.17, 15) is 4.79 Å². The third-order valence-corrected chi connectivity index (χ3v) is 6.08. The van der Waals surface area contributed by atoms with Gasteiger partial charge in [0.15, 0.2) is 0 Å². The number of benzene rings is 1. The van der Waals surface area contributed by atoms with Crippen molar-refractivity contribution >= 4 is 46.9 Å². The molecule has 12 heteroatoms. The van der Waals surface area contributed by atoms with Crippen molar-refractivity contribution in [3.05, 3.63) is 64.8 Å². The van der Waals surface area contributed by atoms with Crippen LogP contribution in [-0.4, -0.2) is 64.8 Å². The van der Waals surface area contributed by atoms with Gasteiger partial charge >= 0.3 is 0 Å². The highest BCUT2D eigenvalue weighted by Crippen LogP contribution is 2.25. The Bertz CT molecular complexity index is 1360. The summed E-state index contributed by atoms with van der Waals surface area (Å²) in [6.07, 6.45) is 3.00. The first-order valence-electron chi connectivity index (χ1n) is 12.1. The van der Waals surface area contributed by atoms with Crippen LogP contribution in [0.25, 0.3) is 0 Å². The number of halogens is 1. The van der Waals surface area contributed by atoms with Crippen molar-refractivity contribution in [3.8, 4) is 0 Å². The molecule has 0 spiro atoms. The monoisotopic (exact) mass is 537 g/mol. The van der Waals surface area contributed by atoms with Crippen molar-refractivity contribution in [3.63, 3.8) is 0 Å². The zero-order chi connectivity index (χ0) is 27.4. The van der Waals surface area contributed by atoms with Crippen molar-refractivity contribution in [2.24, 2.45) is 27.8 Å². The second-order valence-corrected chi connectivity index (χ2v) is 10.3. The summed E-state index contributed by atoms with van der Waals surface area (Å²) in [6.45, 7) is 12.4. The van der Waals surface area contributed by atoms with E-state index in [0.717, 1.165) is 5.69 Å². The van der Waals surface area contributed by atoms with Gasteiger partial charge in [0.2, 0.25) is 5.96 Å². The van der Waals surface area contributed by atoms with Gasteiger partial charge in [0.1, 0.15) is 23.0 Å². The molecule has 0 atom stereocenters. The molecule has 200 valence electrons. The molecule has 2 aliphatic heterocycles. The predicted octanol–water partition coefficient (Wildman–Crippen LogP) is 3.52. The Labute approximate surface area is 226 Å². The second kappa shape index (κ2) is 11.2. The number of morpholine rings is 1. The van der Waals surface area contributed by atoms with E-state index in [0.29, 0.717) is 65.8 Å². The van der Waals surface area contributed by atoms with Gasteiger partial charge in [-0.05, 0) is 18.2 Å². The fourth-order valence-electron chi connectivity index (χ4n) is 3.82. The van der Waals surface area contributed by atoms with Crippen LogP contribution in [0.4, 0.5) is 11.5 Å². The molecular formula is C26H32ClN9O2. The lowest BCUT2D eigenvalue weighted by Gasteiger charge is -2.29. The smallest absolute Gasteiger partial charge is 0.256 e. The van der Waals surface area contributed by atoms with Crippen LogP contribution >= 0.6 is 11.6 Å². The van der Waals surface area contributed by atoms with Crippen LogP contribution < -0.4 is 16.4 Å². The fraction of sp³-hybridized carbons (Fsp3) is 0.346. The first-order valence-corrected chi connectivity index (χ1v) is 12.5. The number of anilines is 2. The quantitative estimate of drug-likeness (QED) is 0.534. The maximum Gasteiger partial charge on any atom is 0.256 e. The number of nitrogens with one attached hydrogen (secondary N) is 2. The highest BCUT2D eigenvalue weighted by atomic mass is 35.5. The Hall–Kier alpha value is -3.96. The van der Waals surface area contributed by atoms with E-state index in [-0.39, 0.29) is 17.1 Å². The summed E-state index contributed by atoms with van der Waals surface area (Å²) in [7, 11) is 1.78. The molecular weight excluding hydrogens is 506 g/mol. The second-order valence-electron chi connectivity index (χ2n) is 9.82. The molecule has 1 aromatic heterocycles. The molecule has 4 rings (SSSR count). The lowest BCUT2D eigenvalue weighted by atomic mass is 9.92. The number of carbonyl (C=O) groups is 1. The van der Waals surface area contributed by atoms with Crippen molar-refractivity contribution in [1.82, 2.24) is 14.7 Å². The Morgan fingerprint density at radius 1 is 1.21 bits per heavy atom. The summed E-state index contributed by atoms with van der Waals surface area (Å²) >= 11 is 6.37. The molecule has 1 saturated heterocycles. The van der Waals surface area contributed by atoms with Crippen molar-refractivity contribution in [2.45, 2.75) is 26.2 Å². The van der Waals surface area contributed by atoms with Crippen molar-refractivity contribution in [2.75, 3.05) is 36.9 Å². The number of ether oxygens (including phenoxy) is 1. The van der Waals surface area contributed by atoms with Crippen LogP contribution in [0.3, 0.4) is 0 Å². The van der Waals surface area contributed by atoms with E-state index in [2.05, 4.69) is 58.1 Å². The van der Waals surface area contributed by atoms with Gasteiger partial charge < -0.3 is 26.0 Å². The molecule has 3 heterocycles. The molecule has 4 N–H and O–H groups in total. The number of allylic oxidation sites excluding steroid dienone is 1. The molecule has 0 aliphatic carbocycles. The van der Waals surface area contributed by atoms with E-state index >= 15 is 0 Å². The summed E-state index contributed by atoms with van der Waals surface area (Å²) in [6, 6.07) is 6.77. The summed E-state index contributed by atoms with van der Waals surface area (Å²) in [4.78, 5) is 28.4. The van der Waals surface area contributed by atoms with E-state index < -0.39 is 0 Å². The highest BCUT2D eigenvalue weighted by Gasteiger charge is 2.22. The van der Waals surface area contributed by atoms with Crippen molar-refractivity contribution in [1.29, 1.82) is 0 Å². The minimum Gasteiger partial charge on any atom is -0.383 e. The number of hydrogen-bond acceptors (Lipinski definition) is 9. The number of carbonyl (C=O) groups excluding carboxylic acids is 1. The lowest BCUT2D eigenvalue weighted by molar-refractivity contribution is 0.0676. The van der Waals surface area contributed by atoms with Gasteiger partial charge in [-0.2, -0.15) is 5.10 Å². The van der Waals surface area contributed by atoms with Crippen LogP contribution in [-0.2, 0) is 17.2 Å². The molecule has 2 aliphatic rings. The molecule has 0 bridgehead atoms. The normalized spacial score (nSPS) is 18.3. The largest absolute Gasteiger partial charge is 0.383 e. The maximum atomic E-state index is 13.1. The minimum absolute atomic E-state index is 0.152. The van der Waals surface area contributed by atoms with Crippen LogP contribution in [0.5, 0.6) is 0 Å². The number of nitrogens with zero attached hydrogens (tertiary/aromatic N) is 6. The fourth-order valence-corrected chi connectivity index (χ4v) is 4.05. The Kier molecular flexibility index (Phi) is 7.98. The zero-order valence-corrected chi connectivity index (χ0v) is 22.7. The molecule has 0 radical (unpaired) electrons. The molecule has 0 saturated carbocycles. The number of guanidine groups is 1. The van der Waals surface area contributed by atoms with E-state index in [1.165, 1.54) is 6.20 Å². The lowest BCUT2D eigenvalue weighted by Crippen LogP contribution is -2.41. The molecule has 11 nitrogen and oxygen atoms in total. The maximum absolute atomic E-state index is 13.1. The summed E-state index contributed by atoms with van der Waals surface area (Å²) < 4.78 is 7.06. The molecule has 2 aromatic rings. The number of amides is 1. The number of rotatable bonds is 5. The number of aryl methyl sites for hydroxylation is 1. The van der Waals surface area contributed by atoms with Gasteiger partial charge in [-0.1, -0.05) is 39.0 Å². The van der Waals surface area contributed by atoms with Gasteiger partial charge in [-0.25, -0.2) is 9.98 Å². The summed E-state index contributed by atoms with van der Waals surface area (Å²) in [5.41, 5.74) is 8.87. The molecule has 1 amide bonds. The van der Waals surface area contributed by atoms with E-state index in [1.807, 2.05) is 11.0 Å². The van der Waals surface area contributed by atoms with Gasteiger partial charge in [-0.15, -0.1) is 0 Å². The highest BCUT2D eigenvalue weighted by molar-refractivity contribution is 6.41. The zero-order valence-electron chi connectivity index (χ0n) is 22.0. The van der Waals surface area contributed by atoms with Gasteiger partial charge in [0.25, 0.3) is 5.91 Å². The molecule has 1 fully saturated rings. The average Bonchev–Trinajstić information content (AvgIpc) is 3.25. The summed E-state index contributed by atoms with van der Waals surface area (Å²) in [5, 5.41) is 10.9. The molecule has 1 aromatic carbocycles. The Morgan fingerprint density at radius 3 is 2.61 bits per heavy atom. The van der Waals surface area contributed by atoms with Crippen molar-refractivity contribution < 1.29 is 9.53 Å².